The van der Waals surface area contributed by atoms with E-state index in [1.807, 2.05) is 0 Å². The number of benzene rings is 1. The second kappa shape index (κ2) is 3.53. The maximum atomic E-state index is 10.7. The molecule has 0 amide bonds. The number of aromatic nitrogens is 1. The van der Waals surface area contributed by atoms with Gasteiger partial charge in [0.25, 0.3) is 5.69 Å². The van der Waals surface area contributed by atoms with E-state index in [1.165, 1.54) is 6.07 Å². The maximum Gasteiger partial charge on any atom is 0.278 e. The predicted octanol–water partition coefficient (Wildman–Crippen LogP) is 2.56. The van der Waals surface area contributed by atoms with Gasteiger partial charge in [-0.3, -0.25) is 10.1 Å². The highest BCUT2D eigenvalue weighted by molar-refractivity contribution is 5.70. The van der Waals surface area contributed by atoms with Crippen LogP contribution in [-0.4, -0.2) is 10.1 Å². The van der Waals surface area contributed by atoms with Crippen molar-refractivity contribution in [3.8, 4) is 11.3 Å². The van der Waals surface area contributed by atoms with Crippen molar-refractivity contribution in [1.82, 2.24) is 5.16 Å². The van der Waals surface area contributed by atoms with E-state index in [0.717, 1.165) is 0 Å². The summed E-state index contributed by atoms with van der Waals surface area (Å²) in [5.41, 5.74) is 0.991. The van der Waals surface area contributed by atoms with Crippen LogP contribution in [0.2, 0.25) is 0 Å². The molecule has 0 N–H and O–H groups in total. The van der Waals surface area contributed by atoms with Gasteiger partial charge in [0.15, 0.2) is 0 Å². The third-order valence-corrected chi connectivity index (χ3v) is 2.00. The molecule has 1 aromatic heterocycles. The lowest BCUT2D eigenvalue weighted by molar-refractivity contribution is -0.384. The molecule has 0 radical (unpaired) electrons. The van der Waals surface area contributed by atoms with E-state index in [9.17, 15) is 10.1 Å². The van der Waals surface area contributed by atoms with Gasteiger partial charge < -0.3 is 4.52 Å². The largest absolute Gasteiger partial charge is 0.361 e. The Labute approximate surface area is 85.5 Å². The summed E-state index contributed by atoms with van der Waals surface area (Å²) in [5, 5.41) is 14.5. The standard InChI is InChI=1S/C10H8N2O3/c1-7-6-9(11-15-7)8-4-2-3-5-10(8)12(13)14/h2-6H,1H3. The Bertz CT molecular complexity index is 505. The Morgan fingerprint density at radius 1 is 1.40 bits per heavy atom. The van der Waals surface area contributed by atoms with E-state index in [-0.39, 0.29) is 5.69 Å². The minimum atomic E-state index is -0.431. The van der Waals surface area contributed by atoms with E-state index in [1.54, 1.807) is 31.2 Å². The van der Waals surface area contributed by atoms with Crippen LogP contribution in [0, 0.1) is 17.0 Å². The molecule has 1 aromatic carbocycles. The molecule has 0 atom stereocenters. The lowest BCUT2D eigenvalue weighted by Gasteiger charge is -1.96. The lowest BCUT2D eigenvalue weighted by Crippen LogP contribution is -1.91. The van der Waals surface area contributed by atoms with Crippen LogP contribution < -0.4 is 0 Å². The molecule has 0 aliphatic heterocycles. The van der Waals surface area contributed by atoms with Gasteiger partial charge in [-0.25, -0.2) is 0 Å². The minimum absolute atomic E-state index is 0.0331. The Hall–Kier alpha value is -2.17. The van der Waals surface area contributed by atoms with Crippen molar-refractivity contribution in [2.75, 3.05) is 0 Å². The Kier molecular flexibility index (Phi) is 2.21. The van der Waals surface area contributed by atoms with Crippen molar-refractivity contribution >= 4 is 5.69 Å². The van der Waals surface area contributed by atoms with Gasteiger partial charge in [-0.1, -0.05) is 17.3 Å². The third-order valence-electron chi connectivity index (χ3n) is 2.00. The van der Waals surface area contributed by atoms with Crippen LogP contribution >= 0.6 is 0 Å². The SMILES string of the molecule is Cc1cc(-c2ccccc2[N+](=O)[O-])no1. The molecule has 0 spiro atoms. The summed E-state index contributed by atoms with van der Waals surface area (Å²) >= 11 is 0. The van der Waals surface area contributed by atoms with Crippen molar-refractivity contribution in [3.05, 3.63) is 46.2 Å². The summed E-state index contributed by atoms with van der Waals surface area (Å²) in [4.78, 5) is 10.3. The maximum absolute atomic E-state index is 10.7. The first-order valence-corrected chi connectivity index (χ1v) is 4.35. The van der Waals surface area contributed by atoms with Gasteiger partial charge in [0, 0.05) is 12.1 Å². The van der Waals surface area contributed by atoms with E-state index < -0.39 is 4.92 Å². The van der Waals surface area contributed by atoms with Crippen LogP contribution in [0.4, 0.5) is 5.69 Å². The number of nitro groups is 1. The Balaban J connectivity index is 2.57. The molecule has 1 heterocycles. The number of nitro benzene ring substituents is 1. The summed E-state index contributed by atoms with van der Waals surface area (Å²) < 4.78 is 4.88. The Morgan fingerprint density at radius 3 is 2.73 bits per heavy atom. The fourth-order valence-corrected chi connectivity index (χ4v) is 1.34. The molecular weight excluding hydrogens is 196 g/mol. The number of para-hydroxylation sites is 1. The van der Waals surface area contributed by atoms with Crippen LogP contribution in [0.25, 0.3) is 11.3 Å². The Morgan fingerprint density at radius 2 is 2.13 bits per heavy atom. The molecule has 15 heavy (non-hydrogen) atoms. The van der Waals surface area contributed by atoms with Crippen LogP contribution in [-0.2, 0) is 0 Å². The minimum Gasteiger partial charge on any atom is -0.361 e. The van der Waals surface area contributed by atoms with Crippen LogP contribution in [0.5, 0.6) is 0 Å². The molecule has 0 saturated heterocycles. The van der Waals surface area contributed by atoms with Crippen molar-refractivity contribution in [2.24, 2.45) is 0 Å². The molecular formula is C10H8N2O3. The molecule has 2 rings (SSSR count). The van der Waals surface area contributed by atoms with E-state index in [4.69, 9.17) is 4.52 Å². The first kappa shape index (κ1) is 9.39. The van der Waals surface area contributed by atoms with Gasteiger partial charge in [-0.05, 0) is 13.0 Å². The number of nitrogens with zero attached hydrogens (tertiary/aromatic N) is 2. The van der Waals surface area contributed by atoms with Gasteiger partial charge >= 0.3 is 0 Å². The zero-order valence-electron chi connectivity index (χ0n) is 8.01. The van der Waals surface area contributed by atoms with Crippen molar-refractivity contribution in [1.29, 1.82) is 0 Å². The topological polar surface area (TPSA) is 69.2 Å². The molecule has 0 bridgehead atoms. The molecule has 0 saturated carbocycles. The molecule has 76 valence electrons. The number of hydrogen-bond donors (Lipinski definition) is 0. The first-order valence-electron chi connectivity index (χ1n) is 4.35. The number of aryl methyl sites for hydroxylation is 1. The number of hydrogen-bond acceptors (Lipinski definition) is 4. The van der Waals surface area contributed by atoms with Crippen molar-refractivity contribution in [3.63, 3.8) is 0 Å². The highest BCUT2D eigenvalue weighted by Crippen LogP contribution is 2.28. The van der Waals surface area contributed by atoms with E-state index >= 15 is 0 Å². The normalized spacial score (nSPS) is 10.2. The second-order valence-corrected chi connectivity index (χ2v) is 3.10. The highest BCUT2D eigenvalue weighted by Gasteiger charge is 2.16. The van der Waals surface area contributed by atoms with Gasteiger partial charge in [-0.15, -0.1) is 0 Å². The van der Waals surface area contributed by atoms with E-state index in [0.29, 0.717) is 17.0 Å². The predicted molar refractivity (Wildman–Crippen MR) is 53.3 cm³/mol. The summed E-state index contributed by atoms with van der Waals surface area (Å²) in [6.45, 7) is 1.74. The molecule has 5 nitrogen and oxygen atoms in total. The van der Waals surface area contributed by atoms with Crippen LogP contribution in [0.1, 0.15) is 5.76 Å². The molecule has 0 aliphatic carbocycles. The molecule has 0 unspecified atom stereocenters. The van der Waals surface area contributed by atoms with Crippen LogP contribution in [0.3, 0.4) is 0 Å². The van der Waals surface area contributed by atoms with E-state index in [2.05, 4.69) is 5.16 Å². The van der Waals surface area contributed by atoms with Gasteiger partial charge in [0.1, 0.15) is 11.5 Å². The van der Waals surface area contributed by atoms with Crippen molar-refractivity contribution in [2.45, 2.75) is 6.92 Å². The highest BCUT2D eigenvalue weighted by atomic mass is 16.6. The smallest absolute Gasteiger partial charge is 0.278 e. The average Bonchev–Trinajstić information content (AvgIpc) is 2.65. The lowest BCUT2D eigenvalue weighted by atomic mass is 10.1. The number of rotatable bonds is 2. The summed E-state index contributed by atoms with van der Waals surface area (Å²) in [6, 6.07) is 8.11. The fraction of sp³-hybridized carbons (Fsp3) is 0.100. The van der Waals surface area contributed by atoms with Gasteiger partial charge in [0.05, 0.1) is 10.5 Å². The summed E-state index contributed by atoms with van der Waals surface area (Å²) in [7, 11) is 0. The molecule has 0 fully saturated rings. The van der Waals surface area contributed by atoms with Crippen molar-refractivity contribution < 1.29 is 9.45 Å². The zero-order chi connectivity index (χ0) is 10.8. The molecule has 0 aliphatic rings. The quantitative estimate of drug-likeness (QED) is 0.556. The van der Waals surface area contributed by atoms with Crippen LogP contribution in [0.15, 0.2) is 34.9 Å². The van der Waals surface area contributed by atoms with Gasteiger partial charge in [0.2, 0.25) is 0 Å². The second-order valence-electron chi connectivity index (χ2n) is 3.10. The average molecular weight is 204 g/mol. The fourth-order valence-electron chi connectivity index (χ4n) is 1.34. The molecule has 2 aromatic rings. The van der Waals surface area contributed by atoms with Gasteiger partial charge in [-0.2, -0.15) is 0 Å². The summed E-state index contributed by atoms with van der Waals surface area (Å²) in [6.07, 6.45) is 0. The molecule has 5 heteroatoms. The monoisotopic (exact) mass is 204 g/mol. The zero-order valence-corrected chi connectivity index (χ0v) is 8.01. The first-order chi connectivity index (χ1) is 7.18. The summed E-state index contributed by atoms with van der Waals surface area (Å²) in [5.74, 6) is 0.628. The third kappa shape index (κ3) is 1.71.